The highest BCUT2D eigenvalue weighted by Gasteiger charge is 2.22. The first-order chi connectivity index (χ1) is 6.65. The number of para-hydroxylation sites is 1. The van der Waals surface area contributed by atoms with E-state index in [1.807, 2.05) is 31.2 Å². The third kappa shape index (κ3) is 1.32. The highest BCUT2D eigenvalue weighted by Crippen LogP contribution is 2.29. The van der Waals surface area contributed by atoms with Crippen molar-refractivity contribution in [2.24, 2.45) is 5.73 Å². The van der Waals surface area contributed by atoms with Gasteiger partial charge in [0.15, 0.2) is 0 Å². The molecule has 2 heteroatoms. The Morgan fingerprint density at radius 1 is 1.36 bits per heavy atom. The molecule has 14 heavy (non-hydrogen) atoms. The third-order valence-corrected chi connectivity index (χ3v) is 2.83. The van der Waals surface area contributed by atoms with Gasteiger partial charge in [0.25, 0.3) is 0 Å². The number of fused-ring (bicyclic) bond motifs is 1. The van der Waals surface area contributed by atoms with E-state index in [1.165, 1.54) is 0 Å². The van der Waals surface area contributed by atoms with Gasteiger partial charge in [-0.25, -0.2) is 0 Å². The minimum Gasteiger partial charge on any atom is -0.464 e. The number of rotatable bonds is 2. The lowest BCUT2D eigenvalue weighted by Crippen LogP contribution is -2.32. The molecule has 1 heterocycles. The van der Waals surface area contributed by atoms with Gasteiger partial charge in [-0.3, -0.25) is 0 Å². The first-order valence-electron chi connectivity index (χ1n) is 4.91. The van der Waals surface area contributed by atoms with E-state index in [0.717, 1.165) is 23.0 Å². The van der Waals surface area contributed by atoms with Crippen LogP contribution in [0.5, 0.6) is 0 Å². The van der Waals surface area contributed by atoms with Gasteiger partial charge in [0.1, 0.15) is 5.58 Å². The summed E-state index contributed by atoms with van der Waals surface area (Å²) in [5.74, 6) is 0. The lowest BCUT2D eigenvalue weighted by molar-refractivity contribution is 0.470. The highest BCUT2D eigenvalue weighted by molar-refractivity contribution is 5.81. The summed E-state index contributed by atoms with van der Waals surface area (Å²) in [7, 11) is 0. The summed E-state index contributed by atoms with van der Waals surface area (Å²) in [6, 6.07) is 8.06. The Labute approximate surface area is 83.7 Å². The monoisotopic (exact) mass is 189 g/mol. The second kappa shape index (κ2) is 3.14. The molecule has 74 valence electrons. The van der Waals surface area contributed by atoms with Gasteiger partial charge in [0.2, 0.25) is 0 Å². The molecule has 0 radical (unpaired) electrons. The average molecular weight is 189 g/mol. The maximum Gasteiger partial charge on any atom is 0.138 e. The molecular formula is C12H15NO. The van der Waals surface area contributed by atoms with Crippen LogP contribution in [0.1, 0.15) is 25.8 Å². The third-order valence-electron chi connectivity index (χ3n) is 2.83. The molecule has 2 rings (SSSR count). The van der Waals surface area contributed by atoms with E-state index in [0.29, 0.717) is 0 Å². The number of furan rings is 1. The summed E-state index contributed by atoms with van der Waals surface area (Å²) in [5.41, 5.74) is 7.90. The molecule has 1 aromatic carbocycles. The van der Waals surface area contributed by atoms with E-state index in [4.69, 9.17) is 10.2 Å². The van der Waals surface area contributed by atoms with Crippen LogP contribution in [0.4, 0.5) is 0 Å². The number of hydrogen-bond donors (Lipinski definition) is 1. The summed E-state index contributed by atoms with van der Waals surface area (Å²) >= 11 is 0. The van der Waals surface area contributed by atoms with E-state index in [1.54, 1.807) is 6.26 Å². The minimum atomic E-state index is -0.308. The van der Waals surface area contributed by atoms with Gasteiger partial charge < -0.3 is 10.2 Å². The second-order valence-corrected chi connectivity index (χ2v) is 3.92. The van der Waals surface area contributed by atoms with Crippen molar-refractivity contribution < 1.29 is 4.42 Å². The van der Waals surface area contributed by atoms with Crippen LogP contribution in [0.2, 0.25) is 0 Å². The topological polar surface area (TPSA) is 39.2 Å². The zero-order valence-corrected chi connectivity index (χ0v) is 8.58. The summed E-state index contributed by atoms with van der Waals surface area (Å²) in [6.07, 6.45) is 2.60. The van der Waals surface area contributed by atoms with Crippen molar-refractivity contribution in [3.8, 4) is 0 Å². The van der Waals surface area contributed by atoms with Gasteiger partial charge in [-0.2, -0.15) is 0 Å². The fraction of sp³-hybridized carbons (Fsp3) is 0.333. The van der Waals surface area contributed by atoms with Crippen molar-refractivity contribution in [1.29, 1.82) is 0 Å². The maximum absolute atomic E-state index is 6.20. The summed E-state index contributed by atoms with van der Waals surface area (Å²) < 4.78 is 5.46. The van der Waals surface area contributed by atoms with Gasteiger partial charge in [-0.15, -0.1) is 0 Å². The average Bonchev–Trinajstić information content (AvgIpc) is 2.64. The molecule has 0 saturated heterocycles. The molecule has 0 bridgehead atoms. The Morgan fingerprint density at radius 2 is 2.14 bits per heavy atom. The number of nitrogens with two attached hydrogens (primary N) is 1. The molecule has 0 saturated carbocycles. The van der Waals surface area contributed by atoms with E-state index in [2.05, 4.69) is 6.92 Å². The van der Waals surface area contributed by atoms with Crippen LogP contribution in [-0.4, -0.2) is 0 Å². The SMILES string of the molecule is CCC(C)(N)c1cccc2ccoc12. The number of hydrogen-bond acceptors (Lipinski definition) is 2. The molecule has 0 aliphatic carbocycles. The van der Waals surface area contributed by atoms with Crippen LogP contribution < -0.4 is 5.73 Å². The van der Waals surface area contributed by atoms with Crippen LogP contribution >= 0.6 is 0 Å². The van der Waals surface area contributed by atoms with Crippen molar-refractivity contribution in [2.75, 3.05) is 0 Å². The van der Waals surface area contributed by atoms with Crippen molar-refractivity contribution in [3.63, 3.8) is 0 Å². The van der Waals surface area contributed by atoms with Crippen LogP contribution in [0.3, 0.4) is 0 Å². The van der Waals surface area contributed by atoms with Gasteiger partial charge in [0.05, 0.1) is 6.26 Å². The Bertz CT molecular complexity index is 442. The molecule has 2 aromatic rings. The zero-order chi connectivity index (χ0) is 10.2. The number of benzene rings is 1. The lowest BCUT2D eigenvalue weighted by Gasteiger charge is -2.23. The molecule has 0 spiro atoms. The van der Waals surface area contributed by atoms with Crippen LogP contribution in [0.15, 0.2) is 34.9 Å². The quantitative estimate of drug-likeness (QED) is 0.788. The Balaban J connectivity index is 2.67. The molecule has 0 aliphatic rings. The first kappa shape index (κ1) is 9.28. The van der Waals surface area contributed by atoms with Crippen LogP contribution in [0.25, 0.3) is 11.0 Å². The molecule has 0 aliphatic heterocycles. The van der Waals surface area contributed by atoms with Crippen LogP contribution in [-0.2, 0) is 5.54 Å². The van der Waals surface area contributed by atoms with Gasteiger partial charge in [-0.1, -0.05) is 25.1 Å². The van der Waals surface area contributed by atoms with Crippen LogP contribution in [0, 0.1) is 0 Å². The van der Waals surface area contributed by atoms with E-state index in [9.17, 15) is 0 Å². The molecule has 0 amide bonds. The van der Waals surface area contributed by atoms with Crippen molar-refractivity contribution in [3.05, 3.63) is 36.1 Å². The Kier molecular flexibility index (Phi) is 2.08. The summed E-state index contributed by atoms with van der Waals surface area (Å²) in [5, 5.41) is 1.12. The molecular weight excluding hydrogens is 174 g/mol. The minimum absolute atomic E-state index is 0.308. The van der Waals surface area contributed by atoms with Gasteiger partial charge in [0, 0.05) is 16.5 Å². The van der Waals surface area contributed by atoms with Gasteiger partial charge in [-0.05, 0) is 19.4 Å². The Hall–Kier alpha value is -1.28. The van der Waals surface area contributed by atoms with Crippen molar-refractivity contribution >= 4 is 11.0 Å². The molecule has 1 atom stereocenters. The Morgan fingerprint density at radius 3 is 2.86 bits per heavy atom. The predicted molar refractivity (Wildman–Crippen MR) is 58.0 cm³/mol. The normalized spacial score (nSPS) is 15.6. The molecule has 2 nitrogen and oxygen atoms in total. The molecule has 2 N–H and O–H groups in total. The summed E-state index contributed by atoms with van der Waals surface area (Å²) in [4.78, 5) is 0. The fourth-order valence-electron chi connectivity index (χ4n) is 1.63. The van der Waals surface area contributed by atoms with Crippen molar-refractivity contribution in [1.82, 2.24) is 0 Å². The largest absolute Gasteiger partial charge is 0.464 e. The van der Waals surface area contributed by atoms with E-state index >= 15 is 0 Å². The molecule has 1 aromatic heterocycles. The predicted octanol–water partition coefficient (Wildman–Crippen LogP) is 3.02. The first-order valence-corrected chi connectivity index (χ1v) is 4.91. The van der Waals surface area contributed by atoms with Crippen molar-refractivity contribution in [2.45, 2.75) is 25.8 Å². The maximum atomic E-state index is 6.20. The van der Waals surface area contributed by atoms with E-state index < -0.39 is 0 Å². The smallest absolute Gasteiger partial charge is 0.138 e. The van der Waals surface area contributed by atoms with E-state index in [-0.39, 0.29) is 5.54 Å². The standard InChI is InChI=1S/C12H15NO/c1-3-12(2,13)10-6-4-5-9-7-8-14-11(9)10/h4-8H,3,13H2,1-2H3. The molecule has 1 unspecified atom stereocenters. The summed E-state index contributed by atoms with van der Waals surface area (Å²) in [6.45, 7) is 4.12. The van der Waals surface area contributed by atoms with Gasteiger partial charge >= 0.3 is 0 Å². The highest BCUT2D eigenvalue weighted by atomic mass is 16.3. The zero-order valence-electron chi connectivity index (χ0n) is 8.58. The second-order valence-electron chi connectivity index (χ2n) is 3.92. The molecule has 0 fully saturated rings. The lowest BCUT2D eigenvalue weighted by atomic mass is 9.89. The fourth-order valence-corrected chi connectivity index (χ4v) is 1.63.